The molecule has 4 heterocycles. The quantitative estimate of drug-likeness (QED) is 0.850. The summed E-state index contributed by atoms with van der Waals surface area (Å²) in [7, 11) is 0. The van der Waals surface area contributed by atoms with Gasteiger partial charge in [0.25, 0.3) is 5.91 Å². The molecule has 1 amide bonds. The highest BCUT2D eigenvalue weighted by Crippen LogP contribution is 2.32. The maximum Gasteiger partial charge on any atom is 0.251 e. The lowest BCUT2D eigenvalue weighted by atomic mass is 9.80. The maximum absolute atomic E-state index is 12.5. The molecular weight excluding hydrogens is 322 g/mol. The lowest BCUT2D eigenvalue weighted by Crippen LogP contribution is -2.60. The first kappa shape index (κ1) is 16.0. The zero-order chi connectivity index (χ0) is 16.5. The Hall–Kier alpha value is -1.50. The molecule has 0 aliphatic carbocycles. The summed E-state index contributed by atoms with van der Waals surface area (Å²) in [6, 6.07) is 8.67. The van der Waals surface area contributed by atoms with Crippen LogP contribution >= 0.6 is 11.9 Å². The normalized spacial score (nSPS) is 31.5. The molecular formula is C18H23N3O2S. The van der Waals surface area contributed by atoms with Crippen LogP contribution in [-0.4, -0.2) is 47.1 Å². The number of nitrogens with zero attached hydrogens (tertiary/aromatic N) is 2. The number of carbonyl (C=O) groups excluding carboxylic acids is 1. The topological polar surface area (TPSA) is 44.8 Å². The van der Waals surface area contributed by atoms with Gasteiger partial charge >= 0.3 is 0 Å². The summed E-state index contributed by atoms with van der Waals surface area (Å²) in [6.45, 7) is 5.08. The molecule has 4 aliphatic rings. The number of rotatable bonds is 4. The molecule has 6 heteroatoms. The van der Waals surface area contributed by atoms with Crippen molar-refractivity contribution in [1.82, 2.24) is 14.7 Å². The number of amides is 1. The number of hydrogen-bond acceptors (Lipinski definition) is 5. The fourth-order valence-electron chi connectivity index (χ4n) is 3.83. The highest BCUT2D eigenvalue weighted by molar-refractivity contribution is 7.97. The van der Waals surface area contributed by atoms with Crippen molar-refractivity contribution in [1.29, 1.82) is 0 Å². The second-order valence-electron chi connectivity index (χ2n) is 6.79. The smallest absolute Gasteiger partial charge is 0.251 e. The molecule has 24 heavy (non-hydrogen) atoms. The minimum absolute atomic E-state index is 0.0373. The van der Waals surface area contributed by atoms with Gasteiger partial charge in [0.05, 0.1) is 6.61 Å². The van der Waals surface area contributed by atoms with Crippen LogP contribution in [0.4, 0.5) is 0 Å². The van der Waals surface area contributed by atoms with Gasteiger partial charge in [-0.15, -0.1) is 0 Å². The standard InChI is InChI=1S/C18H23N3O2S/c1-13-11-15-7-9-20(13)12-17(15)19-18(22)14-3-5-16(6-4-14)24-21-8-2-10-23-21/h2-6,8,13,15,17H,7,9-12H2,1H3,(H,19,22). The van der Waals surface area contributed by atoms with Crippen molar-refractivity contribution in [2.75, 3.05) is 19.7 Å². The van der Waals surface area contributed by atoms with Crippen LogP contribution in [0.2, 0.25) is 0 Å². The lowest BCUT2D eigenvalue weighted by molar-refractivity contribution is -0.000394. The highest BCUT2D eigenvalue weighted by Gasteiger charge is 2.38. The van der Waals surface area contributed by atoms with Crippen molar-refractivity contribution in [2.24, 2.45) is 5.92 Å². The van der Waals surface area contributed by atoms with E-state index in [1.54, 1.807) is 4.47 Å². The summed E-state index contributed by atoms with van der Waals surface area (Å²) >= 11 is 1.50. The van der Waals surface area contributed by atoms with Gasteiger partial charge in [-0.25, -0.2) is 0 Å². The predicted octanol–water partition coefficient (Wildman–Crippen LogP) is 2.67. The van der Waals surface area contributed by atoms with Gasteiger partial charge in [-0.3, -0.25) is 14.5 Å². The number of nitrogens with one attached hydrogen (secondary N) is 1. The minimum atomic E-state index is 0.0373. The van der Waals surface area contributed by atoms with Crippen LogP contribution in [0.5, 0.6) is 0 Å². The van der Waals surface area contributed by atoms with E-state index in [0.717, 1.165) is 17.0 Å². The molecule has 1 aromatic carbocycles. The van der Waals surface area contributed by atoms with Crippen molar-refractivity contribution in [3.63, 3.8) is 0 Å². The molecule has 0 aromatic heterocycles. The summed E-state index contributed by atoms with van der Waals surface area (Å²) in [5, 5.41) is 3.25. The molecule has 0 radical (unpaired) electrons. The van der Waals surface area contributed by atoms with E-state index < -0.39 is 0 Å². The van der Waals surface area contributed by atoms with E-state index in [0.29, 0.717) is 24.6 Å². The third-order valence-electron chi connectivity index (χ3n) is 5.21. The van der Waals surface area contributed by atoms with Gasteiger partial charge in [0.1, 0.15) is 0 Å². The molecule has 0 spiro atoms. The monoisotopic (exact) mass is 345 g/mol. The molecule has 0 saturated carbocycles. The molecule has 5 rings (SSSR count). The van der Waals surface area contributed by atoms with Crippen LogP contribution in [0.1, 0.15) is 30.1 Å². The Labute approximate surface area is 147 Å². The van der Waals surface area contributed by atoms with E-state index in [4.69, 9.17) is 4.84 Å². The van der Waals surface area contributed by atoms with E-state index in [1.165, 1.54) is 31.3 Å². The Morgan fingerprint density at radius 1 is 1.33 bits per heavy atom. The molecule has 128 valence electrons. The van der Waals surface area contributed by atoms with Gasteiger partial charge in [-0.1, -0.05) is 0 Å². The van der Waals surface area contributed by atoms with E-state index in [9.17, 15) is 4.79 Å². The van der Waals surface area contributed by atoms with E-state index in [2.05, 4.69) is 17.1 Å². The van der Waals surface area contributed by atoms with Crippen molar-refractivity contribution < 1.29 is 9.63 Å². The average Bonchev–Trinajstić information content (AvgIpc) is 3.09. The van der Waals surface area contributed by atoms with Crippen LogP contribution < -0.4 is 5.32 Å². The molecule has 1 N–H and O–H groups in total. The van der Waals surface area contributed by atoms with Gasteiger partial charge in [0.15, 0.2) is 0 Å². The fourth-order valence-corrected chi connectivity index (χ4v) is 4.55. The zero-order valence-corrected chi connectivity index (χ0v) is 14.7. The molecule has 1 aromatic rings. The zero-order valence-electron chi connectivity index (χ0n) is 13.9. The average molecular weight is 345 g/mol. The summed E-state index contributed by atoms with van der Waals surface area (Å²) in [4.78, 5) is 21.5. The van der Waals surface area contributed by atoms with Crippen molar-refractivity contribution >= 4 is 17.9 Å². The van der Waals surface area contributed by atoms with Gasteiger partial charge in [0, 0.05) is 47.2 Å². The summed E-state index contributed by atoms with van der Waals surface area (Å²) in [5.41, 5.74) is 0.724. The van der Waals surface area contributed by atoms with Crippen LogP contribution in [-0.2, 0) is 4.84 Å². The first-order valence-electron chi connectivity index (χ1n) is 8.61. The second-order valence-corrected chi connectivity index (χ2v) is 7.80. The van der Waals surface area contributed by atoms with Crippen molar-refractivity contribution in [3.8, 4) is 0 Å². The predicted molar refractivity (Wildman–Crippen MR) is 94.2 cm³/mol. The third-order valence-corrected chi connectivity index (χ3v) is 6.10. The second kappa shape index (κ2) is 6.78. The Balaban J connectivity index is 1.35. The van der Waals surface area contributed by atoms with Crippen molar-refractivity contribution in [2.45, 2.75) is 36.7 Å². The van der Waals surface area contributed by atoms with Gasteiger partial charge in [-0.2, -0.15) is 4.47 Å². The Morgan fingerprint density at radius 2 is 2.17 bits per heavy atom. The summed E-state index contributed by atoms with van der Waals surface area (Å²) < 4.78 is 1.73. The third kappa shape index (κ3) is 3.31. The van der Waals surface area contributed by atoms with Crippen LogP contribution in [0.3, 0.4) is 0 Å². The minimum Gasteiger partial charge on any atom is -0.348 e. The number of hydrogen-bond donors (Lipinski definition) is 1. The van der Waals surface area contributed by atoms with Crippen LogP contribution in [0.15, 0.2) is 41.4 Å². The van der Waals surface area contributed by atoms with Gasteiger partial charge in [0.2, 0.25) is 0 Å². The first-order valence-corrected chi connectivity index (χ1v) is 9.38. The highest BCUT2D eigenvalue weighted by atomic mass is 32.2. The molecule has 3 fully saturated rings. The van der Waals surface area contributed by atoms with E-state index >= 15 is 0 Å². The van der Waals surface area contributed by atoms with E-state index in [-0.39, 0.29) is 5.91 Å². The Morgan fingerprint density at radius 3 is 2.79 bits per heavy atom. The number of hydroxylamine groups is 1. The first-order chi connectivity index (χ1) is 11.7. The Kier molecular flexibility index (Phi) is 4.52. The molecule has 3 saturated heterocycles. The lowest BCUT2D eigenvalue weighted by Gasteiger charge is -2.48. The van der Waals surface area contributed by atoms with Gasteiger partial charge < -0.3 is 5.32 Å². The number of piperidine rings is 3. The van der Waals surface area contributed by atoms with Crippen LogP contribution in [0.25, 0.3) is 0 Å². The largest absolute Gasteiger partial charge is 0.348 e. The summed E-state index contributed by atoms with van der Waals surface area (Å²) in [6.07, 6.45) is 6.27. The number of carbonyl (C=O) groups is 1. The molecule has 4 atom stereocenters. The maximum atomic E-state index is 12.5. The van der Waals surface area contributed by atoms with E-state index in [1.807, 2.05) is 36.5 Å². The number of benzene rings is 1. The van der Waals surface area contributed by atoms with Gasteiger partial charge in [-0.05, 0) is 62.6 Å². The molecule has 4 aliphatic heterocycles. The molecule has 4 unspecified atom stereocenters. The fraction of sp³-hybridized carbons (Fsp3) is 0.500. The molecule has 5 nitrogen and oxygen atoms in total. The SMILES string of the molecule is CC1CC2CCN1CC2NC(=O)c1ccc(SN2C=CCO2)cc1. The summed E-state index contributed by atoms with van der Waals surface area (Å²) in [5.74, 6) is 0.665. The number of fused-ring (bicyclic) bond motifs is 3. The van der Waals surface area contributed by atoms with Crippen molar-refractivity contribution in [3.05, 3.63) is 42.1 Å². The van der Waals surface area contributed by atoms with Crippen LogP contribution in [0, 0.1) is 5.92 Å². The molecule has 2 bridgehead atoms. The Bertz CT molecular complexity index is 634.